The Labute approximate surface area is 193 Å². The third kappa shape index (κ3) is 6.75. The van der Waals surface area contributed by atoms with Crippen LogP contribution in [0.25, 0.3) is 5.69 Å². The summed E-state index contributed by atoms with van der Waals surface area (Å²) in [5, 5.41) is 11.3. The number of benzene rings is 2. The first kappa shape index (κ1) is 24.2. The molecule has 2 aromatic carbocycles. The number of nitrogens with zero attached hydrogens (tertiary/aromatic N) is 3. The van der Waals surface area contributed by atoms with Gasteiger partial charge in [-0.25, -0.2) is 0 Å². The van der Waals surface area contributed by atoms with Crippen LogP contribution < -0.4 is 10.1 Å². The highest BCUT2D eigenvalue weighted by Gasteiger charge is 2.16. The fourth-order valence-electron chi connectivity index (χ4n) is 2.90. The van der Waals surface area contributed by atoms with Crippen molar-refractivity contribution in [3.8, 4) is 11.4 Å². The Morgan fingerprint density at radius 1 is 1.09 bits per heavy atom. The standard InChI is InChI=1S/C22H22F2N4O4S/c1-13-4-5-14(2)18(10-13)28-15(3)26-27-22(28)33-12-20(30)31-11-19(29)25-16-6-8-17(9-7-16)32-21(23)24/h4-10,21H,11-12H2,1-3H3,(H,25,29). The number of carbonyl (C=O) groups is 2. The Kier molecular flexibility index (Phi) is 7.99. The monoisotopic (exact) mass is 476 g/mol. The summed E-state index contributed by atoms with van der Waals surface area (Å²) in [6, 6.07) is 11.4. The highest BCUT2D eigenvalue weighted by molar-refractivity contribution is 7.99. The first-order chi connectivity index (χ1) is 15.7. The maximum Gasteiger partial charge on any atom is 0.387 e. The van der Waals surface area contributed by atoms with Crippen LogP contribution in [-0.4, -0.2) is 45.6 Å². The number of anilines is 1. The lowest BCUT2D eigenvalue weighted by Gasteiger charge is -2.12. The van der Waals surface area contributed by atoms with Crippen molar-refractivity contribution in [2.24, 2.45) is 0 Å². The van der Waals surface area contributed by atoms with Crippen LogP contribution in [0.2, 0.25) is 0 Å². The summed E-state index contributed by atoms with van der Waals surface area (Å²) in [6.07, 6.45) is 0. The van der Waals surface area contributed by atoms with Crippen LogP contribution in [-0.2, 0) is 14.3 Å². The molecule has 0 saturated heterocycles. The van der Waals surface area contributed by atoms with Crippen LogP contribution in [0.3, 0.4) is 0 Å². The maximum atomic E-state index is 12.2. The van der Waals surface area contributed by atoms with Gasteiger partial charge in [-0.2, -0.15) is 8.78 Å². The topological polar surface area (TPSA) is 95.3 Å². The fourth-order valence-corrected chi connectivity index (χ4v) is 3.69. The minimum absolute atomic E-state index is 0.0320. The minimum atomic E-state index is -2.93. The number of aromatic nitrogens is 3. The summed E-state index contributed by atoms with van der Waals surface area (Å²) in [7, 11) is 0. The van der Waals surface area contributed by atoms with E-state index in [2.05, 4.69) is 20.3 Å². The predicted octanol–water partition coefficient (Wildman–Crippen LogP) is 4.07. The van der Waals surface area contributed by atoms with Gasteiger partial charge in [0.1, 0.15) is 11.6 Å². The average molecular weight is 477 g/mol. The molecule has 3 rings (SSSR count). The molecule has 0 bridgehead atoms. The summed E-state index contributed by atoms with van der Waals surface area (Å²) in [6.45, 7) is 2.38. The van der Waals surface area contributed by atoms with E-state index >= 15 is 0 Å². The average Bonchev–Trinajstić information content (AvgIpc) is 3.13. The van der Waals surface area contributed by atoms with E-state index in [-0.39, 0.29) is 11.5 Å². The maximum absolute atomic E-state index is 12.2. The van der Waals surface area contributed by atoms with Gasteiger partial charge in [-0.05, 0) is 62.2 Å². The Hall–Kier alpha value is -3.47. The molecule has 3 aromatic rings. The molecule has 0 unspecified atom stereocenters. The van der Waals surface area contributed by atoms with Gasteiger partial charge in [-0.15, -0.1) is 10.2 Å². The quantitative estimate of drug-likeness (QED) is 0.367. The van der Waals surface area contributed by atoms with Crippen molar-refractivity contribution < 1.29 is 27.8 Å². The number of esters is 1. The molecule has 1 amide bonds. The number of hydrogen-bond acceptors (Lipinski definition) is 7. The van der Waals surface area contributed by atoms with E-state index in [1.165, 1.54) is 24.3 Å². The molecule has 0 atom stereocenters. The molecule has 8 nitrogen and oxygen atoms in total. The molecule has 11 heteroatoms. The van der Waals surface area contributed by atoms with Crippen LogP contribution in [0.5, 0.6) is 5.75 Å². The van der Waals surface area contributed by atoms with Crippen LogP contribution in [0, 0.1) is 20.8 Å². The van der Waals surface area contributed by atoms with Crippen LogP contribution in [0.1, 0.15) is 17.0 Å². The molecule has 1 heterocycles. The zero-order valence-corrected chi connectivity index (χ0v) is 19.0. The molecule has 174 valence electrons. The molecule has 0 radical (unpaired) electrons. The first-order valence-electron chi connectivity index (χ1n) is 9.85. The molecular formula is C22H22F2N4O4S. The van der Waals surface area contributed by atoms with Crippen LogP contribution in [0.15, 0.2) is 47.6 Å². The third-order valence-electron chi connectivity index (χ3n) is 4.45. The lowest BCUT2D eigenvalue weighted by Crippen LogP contribution is -2.21. The van der Waals surface area contributed by atoms with Gasteiger partial charge in [0.05, 0.1) is 11.4 Å². The molecular weight excluding hydrogens is 454 g/mol. The van der Waals surface area contributed by atoms with Gasteiger partial charge in [0, 0.05) is 5.69 Å². The van der Waals surface area contributed by atoms with Crippen molar-refractivity contribution in [1.29, 1.82) is 0 Å². The van der Waals surface area contributed by atoms with Crippen LogP contribution >= 0.6 is 11.8 Å². The minimum Gasteiger partial charge on any atom is -0.455 e. The largest absolute Gasteiger partial charge is 0.455 e. The third-order valence-corrected chi connectivity index (χ3v) is 5.35. The van der Waals surface area contributed by atoms with Crippen molar-refractivity contribution >= 4 is 29.3 Å². The smallest absolute Gasteiger partial charge is 0.387 e. The summed E-state index contributed by atoms with van der Waals surface area (Å²) >= 11 is 1.16. The van der Waals surface area contributed by atoms with E-state index in [0.29, 0.717) is 16.7 Å². The molecule has 0 aliphatic carbocycles. The van der Waals surface area contributed by atoms with Gasteiger partial charge in [0.2, 0.25) is 0 Å². The number of alkyl halides is 2. The normalized spacial score (nSPS) is 10.8. The zero-order chi connectivity index (χ0) is 24.0. The lowest BCUT2D eigenvalue weighted by atomic mass is 10.1. The summed E-state index contributed by atoms with van der Waals surface area (Å²) in [5.41, 5.74) is 3.40. The summed E-state index contributed by atoms with van der Waals surface area (Å²) in [4.78, 5) is 24.1. The first-order valence-corrected chi connectivity index (χ1v) is 10.8. The Balaban J connectivity index is 1.51. The number of ether oxygens (including phenoxy) is 2. The Bertz CT molecular complexity index is 1140. The number of rotatable bonds is 9. The molecule has 1 aromatic heterocycles. The van der Waals surface area contributed by atoms with Crippen molar-refractivity contribution in [3.05, 3.63) is 59.4 Å². The van der Waals surface area contributed by atoms with E-state index in [9.17, 15) is 18.4 Å². The van der Waals surface area contributed by atoms with Crippen molar-refractivity contribution in [2.45, 2.75) is 32.5 Å². The van der Waals surface area contributed by atoms with Gasteiger partial charge < -0.3 is 14.8 Å². The van der Waals surface area contributed by atoms with Crippen LogP contribution in [0.4, 0.5) is 14.5 Å². The SMILES string of the molecule is Cc1ccc(C)c(-n2c(C)nnc2SCC(=O)OCC(=O)Nc2ccc(OC(F)F)cc2)c1. The van der Waals surface area contributed by atoms with Gasteiger partial charge in [0.15, 0.2) is 11.8 Å². The van der Waals surface area contributed by atoms with Crippen molar-refractivity contribution in [2.75, 3.05) is 17.7 Å². The number of amides is 1. The molecule has 1 N–H and O–H groups in total. The van der Waals surface area contributed by atoms with Gasteiger partial charge in [-0.3, -0.25) is 14.2 Å². The number of nitrogens with one attached hydrogen (secondary N) is 1. The molecule has 0 aliphatic rings. The number of carbonyl (C=O) groups excluding carboxylic acids is 2. The van der Waals surface area contributed by atoms with Gasteiger partial charge in [0.25, 0.3) is 5.91 Å². The molecule has 0 aliphatic heterocycles. The second-order valence-electron chi connectivity index (χ2n) is 7.06. The van der Waals surface area contributed by atoms with Gasteiger partial charge in [-0.1, -0.05) is 23.9 Å². The summed E-state index contributed by atoms with van der Waals surface area (Å²) in [5.74, 6) is -0.566. The molecule has 33 heavy (non-hydrogen) atoms. The zero-order valence-electron chi connectivity index (χ0n) is 18.2. The highest BCUT2D eigenvalue weighted by Crippen LogP contribution is 2.25. The lowest BCUT2D eigenvalue weighted by molar-refractivity contribution is -0.144. The Morgan fingerprint density at radius 2 is 1.82 bits per heavy atom. The van der Waals surface area contributed by atoms with E-state index in [4.69, 9.17) is 4.74 Å². The van der Waals surface area contributed by atoms with E-state index in [1.54, 1.807) is 0 Å². The molecule has 0 saturated carbocycles. The van der Waals surface area contributed by atoms with E-state index in [1.807, 2.05) is 43.5 Å². The molecule has 0 fully saturated rings. The number of aryl methyl sites for hydroxylation is 3. The summed E-state index contributed by atoms with van der Waals surface area (Å²) < 4.78 is 35.5. The number of thioether (sulfide) groups is 1. The Morgan fingerprint density at radius 3 is 2.52 bits per heavy atom. The second-order valence-corrected chi connectivity index (χ2v) is 8.00. The van der Waals surface area contributed by atoms with Crippen molar-refractivity contribution in [1.82, 2.24) is 14.8 Å². The van der Waals surface area contributed by atoms with E-state index in [0.717, 1.165) is 28.6 Å². The molecule has 0 spiro atoms. The van der Waals surface area contributed by atoms with E-state index < -0.39 is 25.1 Å². The second kappa shape index (κ2) is 10.9. The highest BCUT2D eigenvalue weighted by atomic mass is 32.2. The number of hydrogen-bond donors (Lipinski definition) is 1. The fraction of sp³-hybridized carbons (Fsp3) is 0.273. The van der Waals surface area contributed by atoms with Gasteiger partial charge >= 0.3 is 12.6 Å². The predicted molar refractivity (Wildman–Crippen MR) is 119 cm³/mol. The number of halogens is 2. The van der Waals surface area contributed by atoms with Crippen molar-refractivity contribution in [3.63, 3.8) is 0 Å².